The van der Waals surface area contributed by atoms with Gasteiger partial charge in [-0.3, -0.25) is 0 Å². The molecule has 3 rings (SSSR count). The van der Waals surface area contributed by atoms with E-state index in [2.05, 4.69) is 10.3 Å². The smallest absolute Gasteiger partial charge is 0.359 e. The summed E-state index contributed by atoms with van der Waals surface area (Å²) in [5.41, 5.74) is 1.52. The zero-order chi connectivity index (χ0) is 14.8. The average Bonchev–Trinajstić information content (AvgIpc) is 2.84. The monoisotopic (exact) mass is 397 g/mol. The molecule has 0 radical (unpaired) electrons. The molecule has 1 heterocycles. The van der Waals surface area contributed by atoms with Crippen LogP contribution in [0.25, 0.3) is 0 Å². The number of hydrogen-bond donors (Lipinski definition) is 0. The fourth-order valence-corrected chi connectivity index (χ4v) is 2.86. The van der Waals surface area contributed by atoms with E-state index in [1.165, 1.54) is 0 Å². The largest absolute Gasteiger partial charge is 0.458 e. The molecule has 0 N–H and O–H groups in total. The topological polar surface area (TPSA) is 57.0 Å². The van der Waals surface area contributed by atoms with Gasteiger partial charge in [-0.2, -0.15) is 0 Å². The van der Waals surface area contributed by atoms with Crippen LogP contribution in [0.2, 0.25) is 0 Å². The number of carbonyl (C=O) groups excluding carboxylic acids is 1. The highest BCUT2D eigenvalue weighted by molar-refractivity contribution is 14.1. The molecule has 1 saturated carbocycles. The van der Waals surface area contributed by atoms with Gasteiger partial charge in [-0.15, -0.1) is 5.10 Å². The molecule has 1 atom stereocenters. The summed E-state index contributed by atoms with van der Waals surface area (Å²) < 4.78 is 7.73. The van der Waals surface area contributed by atoms with Crippen LogP contribution < -0.4 is 0 Å². The van der Waals surface area contributed by atoms with Gasteiger partial charge in [0.2, 0.25) is 0 Å². The molecule has 0 unspecified atom stereocenters. The maximum absolute atomic E-state index is 12.4. The molecular weight excluding hydrogens is 381 g/mol. The second kappa shape index (κ2) is 6.13. The number of ether oxygens (including phenoxy) is 1. The summed E-state index contributed by atoms with van der Waals surface area (Å²) >= 11 is 2.03. The summed E-state index contributed by atoms with van der Waals surface area (Å²) in [6, 6.07) is 9.87. The van der Waals surface area contributed by atoms with Crippen molar-refractivity contribution < 1.29 is 9.53 Å². The molecule has 2 aromatic rings. The van der Waals surface area contributed by atoms with Crippen molar-refractivity contribution in [2.75, 3.05) is 0 Å². The SMILES string of the molecule is C[C@H](c1ccccc1)n1nnc(I)c1C(=O)OC1CCC1. The first-order valence-electron chi connectivity index (χ1n) is 7.03. The number of esters is 1. The lowest BCUT2D eigenvalue weighted by Gasteiger charge is -2.25. The standard InChI is InChI=1S/C15H16IN3O2/c1-10(11-6-3-2-4-7-11)19-13(14(16)17-18-19)15(20)21-12-8-5-9-12/h2-4,6-7,10,12H,5,8-9H2,1H3/t10-/m1/s1. The predicted molar refractivity (Wildman–Crippen MR) is 86.0 cm³/mol. The molecule has 1 fully saturated rings. The van der Waals surface area contributed by atoms with E-state index < -0.39 is 0 Å². The van der Waals surface area contributed by atoms with Crippen molar-refractivity contribution in [3.8, 4) is 0 Å². The Kier molecular flexibility index (Phi) is 4.23. The lowest BCUT2D eigenvalue weighted by Crippen LogP contribution is -2.27. The summed E-state index contributed by atoms with van der Waals surface area (Å²) in [7, 11) is 0. The molecule has 6 heteroatoms. The summed E-state index contributed by atoms with van der Waals surface area (Å²) in [5, 5.41) is 8.16. The van der Waals surface area contributed by atoms with Gasteiger partial charge in [0, 0.05) is 0 Å². The van der Waals surface area contributed by atoms with Crippen LogP contribution in [0.3, 0.4) is 0 Å². The molecule has 0 bridgehead atoms. The number of benzene rings is 1. The van der Waals surface area contributed by atoms with Gasteiger partial charge in [-0.05, 0) is 54.3 Å². The Morgan fingerprint density at radius 2 is 2.10 bits per heavy atom. The Labute approximate surface area is 136 Å². The molecular formula is C15H16IN3O2. The molecule has 1 aromatic heterocycles. The van der Waals surface area contributed by atoms with Gasteiger partial charge in [0.15, 0.2) is 9.39 Å². The van der Waals surface area contributed by atoms with E-state index in [4.69, 9.17) is 4.74 Å². The number of rotatable bonds is 4. The van der Waals surface area contributed by atoms with Crippen molar-refractivity contribution in [3.05, 3.63) is 45.3 Å². The number of hydrogen-bond acceptors (Lipinski definition) is 4. The van der Waals surface area contributed by atoms with Gasteiger partial charge in [0.05, 0.1) is 6.04 Å². The van der Waals surface area contributed by atoms with Gasteiger partial charge >= 0.3 is 5.97 Å². The van der Waals surface area contributed by atoms with Crippen LogP contribution in [-0.4, -0.2) is 27.1 Å². The van der Waals surface area contributed by atoms with Gasteiger partial charge < -0.3 is 4.74 Å². The van der Waals surface area contributed by atoms with Crippen molar-refractivity contribution in [3.63, 3.8) is 0 Å². The molecule has 0 saturated heterocycles. The first-order chi connectivity index (χ1) is 10.2. The minimum Gasteiger partial charge on any atom is -0.458 e. The van der Waals surface area contributed by atoms with E-state index in [0.717, 1.165) is 24.8 Å². The van der Waals surface area contributed by atoms with Crippen LogP contribution in [0.15, 0.2) is 30.3 Å². The fraction of sp³-hybridized carbons (Fsp3) is 0.400. The van der Waals surface area contributed by atoms with Crippen molar-refractivity contribution in [2.24, 2.45) is 0 Å². The molecule has 1 aromatic carbocycles. The van der Waals surface area contributed by atoms with Crippen LogP contribution in [-0.2, 0) is 4.74 Å². The van der Waals surface area contributed by atoms with Crippen LogP contribution >= 0.6 is 22.6 Å². The summed E-state index contributed by atoms with van der Waals surface area (Å²) in [6.07, 6.45) is 3.10. The molecule has 0 spiro atoms. The van der Waals surface area contributed by atoms with Gasteiger partial charge in [-0.1, -0.05) is 35.5 Å². The second-order valence-electron chi connectivity index (χ2n) is 5.22. The van der Waals surface area contributed by atoms with E-state index >= 15 is 0 Å². The highest BCUT2D eigenvalue weighted by atomic mass is 127. The van der Waals surface area contributed by atoms with E-state index in [1.54, 1.807) is 4.68 Å². The Hall–Kier alpha value is -1.44. The maximum atomic E-state index is 12.4. The molecule has 5 nitrogen and oxygen atoms in total. The van der Waals surface area contributed by atoms with Crippen molar-refractivity contribution in [1.82, 2.24) is 15.0 Å². The average molecular weight is 397 g/mol. The molecule has 110 valence electrons. The first kappa shape index (κ1) is 14.5. The molecule has 1 aliphatic rings. The summed E-state index contributed by atoms with van der Waals surface area (Å²) in [6.45, 7) is 2.00. The zero-order valence-electron chi connectivity index (χ0n) is 11.7. The number of halogens is 1. The number of nitrogens with zero attached hydrogens (tertiary/aromatic N) is 3. The highest BCUT2D eigenvalue weighted by Gasteiger charge is 2.28. The van der Waals surface area contributed by atoms with E-state index in [9.17, 15) is 4.79 Å². The van der Waals surface area contributed by atoms with Crippen molar-refractivity contribution in [2.45, 2.75) is 38.3 Å². The Morgan fingerprint density at radius 1 is 1.38 bits per heavy atom. The lowest BCUT2D eigenvalue weighted by molar-refractivity contribution is 0.00747. The number of aromatic nitrogens is 3. The van der Waals surface area contributed by atoms with Gasteiger partial charge in [-0.25, -0.2) is 9.48 Å². The zero-order valence-corrected chi connectivity index (χ0v) is 13.9. The van der Waals surface area contributed by atoms with E-state index in [-0.39, 0.29) is 18.1 Å². The van der Waals surface area contributed by atoms with Gasteiger partial charge in [0.25, 0.3) is 0 Å². The first-order valence-corrected chi connectivity index (χ1v) is 8.11. The third-order valence-electron chi connectivity index (χ3n) is 3.82. The summed E-state index contributed by atoms with van der Waals surface area (Å²) in [5.74, 6) is -0.322. The second-order valence-corrected chi connectivity index (χ2v) is 6.24. The maximum Gasteiger partial charge on any atom is 0.359 e. The minimum atomic E-state index is -0.322. The summed E-state index contributed by atoms with van der Waals surface area (Å²) in [4.78, 5) is 12.4. The normalized spacial score (nSPS) is 16.3. The number of carbonyl (C=O) groups is 1. The lowest BCUT2D eigenvalue weighted by atomic mass is 9.96. The van der Waals surface area contributed by atoms with E-state index in [1.807, 2.05) is 59.8 Å². The molecule has 0 aliphatic heterocycles. The molecule has 1 aliphatic carbocycles. The van der Waals surface area contributed by atoms with Gasteiger partial charge in [0.1, 0.15) is 6.10 Å². The third kappa shape index (κ3) is 2.95. The predicted octanol–water partition coefficient (Wildman–Crippen LogP) is 3.20. The fourth-order valence-electron chi connectivity index (χ4n) is 2.29. The van der Waals surface area contributed by atoms with Crippen LogP contribution in [0.5, 0.6) is 0 Å². The van der Waals surface area contributed by atoms with Crippen molar-refractivity contribution >= 4 is 28.6 Å². The molecule has 21 heavy (non-hydrogen) atoms. The van der Waals surface area contributed by atoms with Crippen LogP contribution in [0.1, 0.15) is 48.3 Å². The van der Waals surface area contributed by atoms with E-state index in [0.29, 0.717) is 9.39 Å². The quantitative estimate of drug-likeness (QED) is 0.588. The van der Waals surface area contributed by atoms with Crippen LogP contribution in [0.4, 0.5) is 0 Å². The Balaban J connectivity index is 1.87. The highest BCUT2D eigenvalue weighted by Crippen LogP contribution is 2.26. The van der Waals surface area contributed by atoms with Crippen LogP contribution in [0, 0.1) is 3.70 Å². The van der Waals surface area contributed by atoms with Crippen molar-refractivity contribution in [1.29, 1.82) is 0 Å². The Morgan fingerprint density at radius 3 is 2.71 bits per heavy atom. The Bertz CT molecular complexity index is 638. The molecule has 0 amide bonds. The third-order valence-corrected chi connectivity index (χ3v) is 4.55. The minimum absolute atomic E-state index is 0.0590.